The van der Waals surface area contributed by atoms with E-state index in [-0.39, 0.29) is 12.3 Å². The standard InChI is InChI=1S/C14H24F3NO2/c1-13(2,3)20-12(19)10(11(18)14(15,16)17)8-9-6-4-5-7-9/h9-11H,4-8,18H2,1-3H3/t10-,11-/m0/s1. The molecule has 0 amide bonds. The van der Waals surface area contributed by atoms with E-state index in [1.54, 1.807) is 20.8 Å². The molecule has 0 heterocycles. The Bertz CT molecular complexity index is 330. The molecule has 0 unspecified atom stereocenters. The highest BCUT2D eigenvalue weighted by atomic mass is 19.4. The average molecular weight is 295 g/mol. The van der Waals surface area contributed by atoms with Gasteiger partial charge in [-0.15, -0.1) is 0 Å². The van der Waals surface area contributed by atoms with Crippen LogP contribution in [0.2, 0.25) is 0 Å². The molecule has 1 fully saturated rings. The van der Waals surface area contributed by atoms with E-state index in [0.717, 1.165) is 25.7 Å². The van der Waals surface area contributed by atoms with Gasteiger partial charge in [-0.25, -0.2) is 0 Å². The van der Waals surface area contributed by atoms with Gasteiger partial charge in [0.15, 0.2) is 0 Å². The van der Waals surface area contributed by atoms with Gasteiger partial charge in [-0.1, -0.05) is 25.7 Å². The molecule has 1 rings (SSSR count). The van der Waals surface area contributed by atoms with Crippen molar-refractivity contribution in [3.63, 3.8) is 0 Å². The lowest BCUT2D eigenvalue weighted by Crippen LogP contribution is -2.49. The lowest BCUT2D eigenvalue weighted by molar-refractivity contribution is -0.184. The van der Waals surface area contributed by atoms with Crippen molar-refractivity contribution >= 4 is 5.97 Å². The largest absolute Gasteiger partial charge is 0.460 e. The first-order valence-electron chi connectivity index (χ1n) is 7.06. The fourth-order valence-electron chi connectivity index (χ4n) is 2.60. The summed E-state index contributed by atoms with van der Waals surface area (Å²) in [6.07, 6.45) is -0.677. The molecule has 2 N–H and O–H groups in total. The van der Waals surface area contributed by atoms with Crippen LogP contribution in [-0.4, -0.2) is 23.8 Å². The van der Waals surface area contributed by atoms with E-state index in [9.17, 15) is 18.0 Å². The summed E-state index contributed by atoms with van der Waals surface area (Å²) in [6, 6.07) is -2.15. The van der Waals surface area contributed by atoms with Gasteiger partial charge in [0, 0.05) is 0 Å². The van der Waals surface area contributed by atoms with Crippen molar-refractivity contribution in [1.82, 2.24) is 0 Å². The summed E-state index contributed by atoms with van der Waals surface area (Å²) in [7, 11) is 0. The van der Waals surface area contributed by atoms with Crippen molar-refractivity contribution in [2.24, 2.45) is 17.6 Å². The average Bonchev–Trinajstić information content (AvgIpc) is 2.73. The molecule has 1 saturated carbocycles. The van der Waals surface area contributed by atoms with Crippen molar-refractivity contribution in [1.29, 1.82) is 0 Å². The highest BCUT2D eigenvalue weighted by Crippen LogP contribution is 2.35. The van der Waals surface area contributed by atoms with Crippen molar-refractivity contribution in [3.05, 3.63) is 0 Å². The van der Waals surface area contributed by atoms with Crippen molar-refractivity contribution in [2.75, 3.05) is 0 Å². The second-order valence-corrected chi connectivity index (χ2v) is 6.59. The second-order valence-electron chi connectivity index (χ2n) is 6.59. The molecular weight excluding hydrogens is 271 g/mol. The number of alkyl halides is 3. The molecule has 0 aromatic heterocycles. The summed E-state index contributed by atoms with van der Waals surface area (Å²) in [6.45, 7) is 4.91. The van der Waals surface area contributed by atoms with Crippen LogP contribution in [0.1, 0.15) is 52.9 Å². The van der Waals surface area contributed by atoms with Crippen LogP contribution in [0.5, 0.6) is 0 Å². The summed E-state index contributed by atoms with van der Waals surface area (Å²) in [5.41, 5.74) is 4.46. The van der Waals surface area contributed by atoms with Crippen LogP contribution < -0.4 is 5.73 Å². The van der Waals surface area contributed by atoms with Gasteiger partial charge in [0.2, 0.25) is 0 Å². The monoisotopic (exact) mass is 295 g/mol. The zero-order chi connectivity index (χ0) is 15.6. The van der Waals surface area contributed by atoms with Crippen molar-refractivity contribution in [3.8, 4) is 0 Å². The zero-order valence-corrected chi connectivity index (χ0v) is 12.3. The molecule has 3 nitrogen and oxygen atoms in total. The minimum atomic E-state index is -4.58. The molecule has 0 aliphatic heterocycles. The molecule has 0 aromatic carbocycles. The smallest absolute Gasteiger partial charge is 0.404 e. The van der Waals surface area contributed by atoms with Gasteiger partial charge in [0.25, 0.3) is 0 Å². The van der Waals surface area contributed by atoms with E-state index >= 15 is 0 Å². The second kappa shape index (κ2) is 6.33. The zero-order valence-electron chi connectivity index (χ0n) is 12.3. The van der Waals surface area contributed by atoms with Gasteiger partial charge in [0.05, 0.1) is 5.92 Å². The van der Waals surface area contributed by atoms with E-state index in [4.69, 9.17) is 10.5 Å². The number of halogens is 3. The maximum atomic E-state index is 12.8. The number of ether oxygens (including phenoxy) is 1. The third-order valence-corrected chi connectivity index (χ3v) is 3.58. The Hall–Kier alpha value is -0.780. The van der Waals surface area contributed by atoms with Crippen LogP contribution in [-0.2, 0) is 9.53 Å². The van der Waals surface area contributed by atoms with Crippen LogP contribution in [0.3, 0.4) is 0 Å². The van der Waals surface area contributed by atoms with Gasteiger partial charge in [0.1, 0.15) is 11.6 Å². The predicted molar refractivity (Wildman–Crippen MR) is 69.9 cm³/mol. The summed E-state index contributed by atoms with van der Waals surface area (Å²) >= 11 is 0. The fourth-order valence-corrected chi connectivity index (χ4v) is 2.60. The number of hydrogen-bond acceptors (Lipinski definition) is 3. The Kier molecular flexibility index (Phi) is 5.46. The van der Waals surface area contributed by atoms with Gasteiger partial charge in [-0.2, -0.15) is 13.2 Å². The molecule has 0 saturated heterocycles. The van der Waals surface area contributed by atoms with Gasteiger partial charge in [-0.05, 0) is 33.1 Å². The number of carbonyl (C=O) groups excluding carboxylic acids is 1. The predicted octanol–water partition coefficient (Wildman–Crippen LogP) is 3.41. The van der Waals surface area contributed by atoms with Crippen molar-refractivity contribution < 1.29 is 22.7 Å². The lowest BCUT2D eigenvalue weighted by Gasteiger charge is -2.29. The Labute approximate surface area is 118 Å². The minimum Gasteiger partial charge on any atom is -0.460 e. The number of hydrogen-bond donors (Lipinski definition) is 1. The molecule has 118 valence electrons. The third kappa shape index (κ3) is 5.31. The van der Waals surface area contributed by atoms with Crippen molar-refractivity contribution in [2.45, 2.75) is 70.7 Å². The van der Waals surface area contributed by atoms with Gasteiger partial charge < -0.3 is 10.5 Å². The molecule has 0 bridgehead atoms. The van der Waals surface area contributed by atoms with Crippen LogP contribution in [0.15, 0.2) is 0 Å². The first-order chi connectivity index (χ1) is 9.00. The molecule has 6 heteroatoms. The quantitative estimate of drug-likeness (QED) is 0.809. The molecule has 0 aromatic rings. The molecule has 0 radical (unpaired) electrons. The molecule has 1 aliphatic carbocycles. The summed E-state index contributed by atoms with van der Waals surface area (Å²) in [4.78, 5) is 12.0. The third-order valence-electron chi connectivity index (χ3n) is 3.58. The molecule has 0 spiro atoms. The normalized spacial score (nSPS) is 20.8. The van der Waals surface area contributed by atoms with E-state index in [2.05, 4.69) is 0 Å². The summed E-state index contributed by atoms with van der Waals surface area (Å²) < 4.78 is 43.6. The van der Waals surface area contributed by atoms with Crippen LogP contribution in [0.4, 0.5) is 13.2 Å². The fraction of sp³-hybridized carbons (Fsp3) is 0.929. The number of carbonyl (C=O) groups is 1. The first-order valence-corrected chi connectivity index (χ1v) is 7.06. The van der Waals surface area contributed by atoms with E-state index in [0.29, 0.717) is 0 Å². The lowest BCUT2D eigenvalue weighted by atomic mass is 9.87. The Morgan fingerprint density at radius 3 is 2.15 bits per heavy atom. The highest BCUT2D eigenvalue weighted by molar-refractivity contribution is 5.74. The summed E-state index contributed by atoms with van der Waals surface area (Å²) in [5.74, 6) is -2.01. The summed E-state index contributed by atoms with van der Waals surface area (Å²) in [5, 5.41) is 0. The first kappa shape index (κ1) is 17.3. The maximum Gasteiger partial charge on any atom is 0.404 e. The van der Waals surface area contributed by atoms with E-state index < -0.39 is 29.7 Å². The SMILES string of the molecule is CC(C)(C)OC(=O)[C@@H](CC1CCCC1)[C@H](N)C(F)(F)F. The molecule has 20 heavy (non-hydrogen) atoms. The molecule has 2 atom stereocenters. The maximum absolute atomic E-state index is 12.8. The van der Waals surface area contributed by atoms with Gasteiger partial charge in [-0.3, -0.25) is 4.79 Å². The topological polar surface area (TPSA) is 52.3 Å². The Morgan fingerprint density at radius 1 is 1.25 bits per heavy atom. The van der Waals surface area contributed by atoms with Crippen LogP contribution in [0.25, 0.3) is 0 Å². The minimum absolute atomic E-state index is 0.140. The van der Waals surface area contributed by atoms with Gasteiger partial charge >= 0.3 is 12.1 Å². The van der Waals surface area contributed by atoms with Crippen LogP contribution in [0, 0.1) is 11.8 Å². The van der Waals surface area contributed by atoms with E-state index in [1.165, 1.54) is 0 Å². The highest BCUT2D eigenvalue weighted by Gasteiger charge is 2.47. The number of esters is 1. The van der Waals surface area contributed by atoms with E-state index in [1.807, 2.05) is 0 Å². The Morgan fingerprint density at radius 2 is 1.75 bits per heavy atom. The Balaban J connectivity index is 2.80. The number of nitrogens with two attached hydrogens (primary N) is 1. The van der Waals surface area contributed by atoms with Crippen LogP contribution >= 0.6 is 0 Å². The molecular formula is C14H24F3NO2. The molecule has 1 aliphatic rings. The number of rotatable bonds is 4.